The molecule has 0 atom stereocenters. The molecule has 126 valence electrons. The molecule has 0 fully saturated rings. The molecule has 0 aliphatic heterocycles. The number of nitrogens with zero attached hydrogens (tertiary/aromatic N) is 1. The number of halogens is 2. The Balaban J connectivity index is 2.07. The number of ether oxygens (including phenoxy) is 1. The maximum Gasteiger partial charge on any atom is 0.264 e. The molecule has 2 rings (SSSR count). The second-order valence-electron chi connectivity index (χ2n) is 4.98. The molecule has 0 aliphatic rings. The lowest BCUT2D eigenvalue weighted by molar-refractivity contribution is -0.120. The van der Waals surface area contributed by atoms with Crippen molar-refractivity contribution in [2.45, 2.75) is 6.42 Å². The van der Waals surface area contributed by atoms with Crippen LogP contribution < -0.4 is 15.4 Å². The second-order valence-corrected chi connectivity index (χ2v) is 5.90. The van der Waals surface area contributed by atoms with Crippen LogP contribution in [0.3, 0.4) is 0 Å². The van der Waals surface area contributed by atoms with E-state index >= 15 is 0 Å². The van der Waals surface area contributed by atoms with Gasteiger partial charge in [-0.3, -0.25) is 9.59 Å². The molecule has 0 radical (unpaired) electrons. The van der Waals surface area contributed by atoms with Crippen LogP contribution in [0, 0.1) is 5.82 Å². The predicted molar refractivity (Wildman–Crippen MR) is 92.2 cm³/mol. The predicted octanol–water partition coefficient (Wildman–Crippen LogP) is 2.88. The van der Waals surface area contributed by atoms with E-state index in [1.54, 1.807) is 24.3 Å². The first-order valence-electron chi connectivity index (χ1n) is 7.18. The maximum absolute atomic E-state index is 13.1. The van der Waals surface area contributed by atoms with Crippen molar-refractivity contribution in [3.8, 4) is 5.75 Å². The molecule has 2 aromatic carbocycles. The fourth-order valence-electron chi connectivity index (χ4n) is 1.99. The minimum Gasteiger partial charge on any atom is -0.484 e. The topological polar surface area (TPSA) is 72.6 Å². The zero-order chi connectivity index (χ0) is 17.5. The summed E-state index contributed by atoms with van der Waals surface area (Å²) < 4.78 is 19.4. The molecule has 5 nitrogen and oxygen atoms in total. The average Bonchev–Trinajstić information content (AvgIpc) is 2.56. The van der Waals surface area contributed by atoms with Gasteiger partial charge in [-0.15, -0.1) is 0 Å². The number of amides is 2. The van der Waals surface area contributed by atoms with Crippen molar-refractivity contribution < 1.29 is 18.7 Å². The average molecular weight is 395 g/mol. The number of carbonyl (C=O) groups is 2. The van der Waals surface area contributed by atoms with Gasteiger partial charge >= 0.3 is 0 Å². The van der Waals surface area contributed by atoms with Gasteiger partial charge in [-0.05, 0) is 48.5 Å². The number of anilines is 1. The SMILES string of the molecule is NC(=O)CCN(C(=O)COc1ccc(Br)cc1)c1ccc(F)cc1. The first-order valence-corrected chi connectivity index (χ1v) is 7.97. The lowest BCUT2D eigenvalue weighted by Crippen LogP contribution is -2.37. The molecule has 24 heavy (non-hydrogen) atoms. The van der Waals surface area contributed by atoms with Crippen LogP contribution >= 0.6 is 15.9 Å². The molecule has 0 heterocycles. The van der Waals surface area contributed by atoms with Crippen LogP contribution in [0.15, 0.2) is 53.0 Å². The summed E-state index contributed by atoms with van der Waals surface area (Å²) in [6, 6.07) is 12.5. The van der Waals surface area contributed by atoms with Crippen LogP contribution in [-0.2, 0) is 9.59 Å². The molecule has 2 amide bonds. The number of rotatable bonds is 7. The summed E-state index contributed by atoms with van der Waals surface area (Å²) in [5.41, 5.74) is 5.62. The smallest absolute Gasteiger partial charge is 0.264 e. The van der Waals surface area contributed by atoms with E-state index in [-0.39, 0.29) is 25.5 Å². The van der Waals surface area contributed by atoms with Crippen molar-refractivity contribution in [2.24, 2.45) is 5.73 Å². The highest BCUT2D eigenvalue weighted by atomic mass is 79.9. The highest BCUT2D eigenvalue weighted by Gasteiger charge is 2.17. The zero-order valence-corrected chi connectivity index (χ0v) is 14.3. The monoisotopic (exact) mass is 394 g/mol. The summed E-state index contributed by atoms with van der Waals surface area (Å²) in [4.78, 5) is 24.8. The van der Waals surface area contributed by atoms with E-state index in [0.717, 1.165) is 4.47 Å². The van der Waals surface area contributed by atoms with Gasteiger partial charge in [0.2, 0.25) is 5.91 Å². The molecule has 0 aromatic heterocycles. The van der Waals surface area contributed by atoms with E-state index in [2.05, 4.69) is 15.9 Å². The van der Waals surface area contributed by atoms with Gasteiger partial charge in [0.25, 0.3) is 5.91 Å². The van der Waals surface area contributed by atoms with Crippen LogP contribution in [0.5, 0.6) is 5.75 Å². The summed E-state index contributed by atoms with van der Waals surface area (Å²) >= 11 is 3.31. The quantitative estimate of drug-likeness (QED) is 0.784. The molecule has 2 N–H and O–H groups in total. The Hall–Kier alpha value is -2.41. The molecule has 0 unspecified atom stereocenters. The Morgan fingerprint density at radius 3 is 2.29 bits per heavy atom. The van der Waals surface area contributed by atoms with Gasteiger partial charge < -0.3 is 15.4 Å². The van der Waals surface area contributed by atoms with E-state index in [0.29, 0.717) is 11.4 Å². The molecule has 7 heteroatoms. The van der Waals surface area contributed by atoms with Gasteiger partial charge in [0.05, 0.1) is 0 Å². The normalized spacial score (nSPS) is 10.2. The van der Waals surface area contributed by atoms with Crippen molar-refractivity contribution in [1.29, 1.82) is 0 Å². The van der Waals surface area contributed by atoms with Gasteiger partial charge in [-0.2, -0.15) is 0 Å². The molecule has 0 bridgehead atoms. The van der Waals surface area contributed by atoms with Gasteiger partial charge in [-0.25, -0.2) is 4.39 Å². The van der Waals surface area contributed by atoms with E-state index in [1.165, 1.54) is 29.2 Å². The Bertz CT molecular complexity index is 705. The lowest BCUT2D eigenvalue weighted by atomic mass is 10.2. The molecule has 0 saturated carbocycles. The number of nitrogens with two attached hydrogens (primary N) is 1. The molecule has 0 saturated heterocycles. The Morgan fingerprint density at radius 1 is 1.08 bits per heavy atom. The lowest BCUT2D eigenvalue weighted by Gasteiger charge is -2.22. The van der Waals surface area contributed by atoms with Gasteiger partial charge in [0.15, 0.2) is 6.61 Å². The molecular formula is C17H16BrFN2O3. The van der Waals surface area contributed by atoms with Crippen molar-refractivity contribution >= 4 is 33.4 Å². The first kappa shape index (κ1) is 17.9. The third-order valence-corrected chi connectivity index (χ3v) is 3.73. The zero-order valence-electron chi connectivity index (χ0n) is 12.7. The Morgan fingerprint density at radius 2 is 1.71 bits per heavy atom. The van der Waals surface area contributed by atoms with Crippen LogP contribution in [0.25, 0.3) is 0 Å². The van der Waals surface area contributed by atoms with Crippen molar-refractivity contribution in [3.05, 3.63) is 58.8 Å². The minimum atomic E-state index is -0.524. The van der Waals surface area contributed by atoms with Crippen molar-refractivity contribution in [1.82, 2.24) is 0 Å². The maximum atomic E-state index is 13.1. The largest absolute Gasteiger partial charge is 0.484 e. The summed E-state index contributed by atoms with van der Waals surface area (Å²) in [7, 11) is 0. The van der Waals surface area contributed by atoms with Crippen molar-refractivity contribution in [2.75, 3.05) is 18.1 Å². The molecular weight excluding hydrogens is 379 g/mol. The Labute approximate surface area is 147 Å². The summed E-state index contributed by atoms with van der Waals surface area (Å²) in [5, 5.41) is 0. The summed E-state index contributed by atoms with van der Waals surface area (Å²) in [6.45, 7) is -0.110. The highest BCUT2D eigenvalue weighted by molar-refractivity contribution is 9.10. The van der Waals surface area contributed by atoms with E-state index in [4.69, 9.17) is 10.5 Å². The standard InChI is InChI=1S/C17H16BrFN2O3/c18-12-1-7-15(8-2-12)24-11-17(23)21(10-9-16(20)22)14-5-3-13(19)4-6-14/h1-8H,9-11H2,(H2,20,22). The highest BCUT2D eigenvalue weighted by Crippen LogP contribution is 2.18. The van der Waals surface area contributed by atoms with Gasteiger partial charge in [-0.1, -0.05) is 15.9 Å². The first-order chi connectivity index (χ1) is 11.5. The minimum absolute atomic E-state index is 0.00139. The van der Waals surface area contributed by atoms with Crippen LogP contribution in [-0.4, -0.2) is 25.0 Å². The number of benzene rings is 2. The van der Waals surface area contributed by atoms with Gasteiger partial charge in [0, 0.05) is 23.1 Å². The summed E-state index contributed by atoms with van der Waals surface area (Å²) in [6.07, 6.45) is 0.00139. The number of carbonyl (C=O) groups excluding carboxylic acids is 2. The van der Waals surface area contributed by atoms with Crippen LogP contribution in [0.4, 0.5) is 10.1 Å². The van der Waals surface area contributed by atoms with Crippen LogP contribution in [0.2, 0.25) is 0 Å². The molecule has 0 aliphatic carbocycles. The van der Waals surface area contributed by atoms with Crippen molar-refractivity contribution in [3.63, 3.8) is 0 Å². The van der Waals surface area contributed by atoms with E-state index in [1.807, 2.05) is 0 Å². The molecule has 0 spiro atoms. The second kappa shape index (κ2) is 8.44. The fraction of sp³-hybridized carbons (Fsp3) is 0.176. The fourth-order valence-corrected chi connectivity index (χ4v) is 2.26. The van der Waals surface area contributed by atoms with Crippen LogP contribution in [0.1, 0.15) is 6.42 Å². The number of hydrogen-bond donors (Lipinski definition) is 1. The van der Waals surface area contributed by atoms with Gasteiger partial charge in [0.1, 0.15) is 11.6 Å². The Kier molecular flexibility index (Phi) is 6.31. The number of hydrogen-bond acceptors (Lipinski definition) is 3. The molecule has 2 aromatic rings. The van der Waals surface area contributed by atoms with E-state index < -0.39 is 11.7 Å². The number of primary amides is 1. The third-order valence-electron chi connectivity index (χ3n) is 3.20. The third kappa shape index (κ3) is 5.34. The van der Waals surface area contributed by atoms with E-state index in [9.17, 15) is 14.0 Å². The summed E-state index contributed by atoms with van der Waals surface area (Å²) in [5.74, 6) is -0.748.